The molecule has 0 amide bonds. The van der Waals surface area contributed by atoms with Gasteiger partial charge in [-0.15, -0.1) is 0 Å². The fourth-order valence-electron chi connectivity index (χ4n) is 2.44. The first kappa shape index (κ1) is 15.4. The summed E-state index contributed by atoms with van der Waals surface area (Å²) in [6.45, 7) is 5.02. The molecule has 3 nitrogen and oxygen atoms in total. The normalized spacial score (nSPS) is 11.5. The Morgan fingerprint density at radius 1 is 1.10 bits per heavy atom. The molecule has 2 rings (SSSR count). The molecule has 0 spiro atoms. The third kappa shape index (κ3) is 3.54. The SMILES string of the molecule is COc1cc(CCN=CC(C)C)c(OC)c2ccccc12. The second kappa shape index (κ2) is 7.11. The first-order valence-corrected chi connectivity index (χ1v) is 7.30. The number of aliphatic imine (C=N–C) groups is 1. The molecule has 2 aromatic carbocycles. The average Bonchev–Trinajstić information content (AvgIpc) is 2.50. The Labute approximate surface area is 126 Å². The summed E-state index contributed by atoms with van der Waals surface area (Å²) in [6, 6.07) is 10.2. The van der Waals surface area contributed by atoms with Crippen LogP contribution in [0.5, 0.6) is 11.5 Å². The Morgan fingerprint density at radius 3 is 2.43 bits per heavy atom. The number of benzene rings is 2. The van der Waals surface area contributed by atoms with Crippen LogP contribution < -0.4 is 9.47 Å². The Hall–Kier alpha value is -2.03. The van der Waals surface area contributed by atoms with E-state index in [9.17, 15) is 0 Å². The smallest absolute Gasteiger partial charge is 0.130 e. The van der Waals surface area contributed by atoms with Crippen molar-refractivity contribution in [2.75, 3.05) is 20.8 Å². The van der Waals surface area contributed by atoms with Gasteiger partial charge in [-0.1, -0.05) is 38.1 Å². The van der Waals surface area contributed by atoms with Gasteiger partial charge in [0.05, 0.1) is 14.2 Å². The lowest BCUT2D eigenvalue weighted by molar-refractivity contribution is 0.406. The van der Waals surface area contributed by atoms with Gasteiger partial charge in [0.25, 0.3) is 0 Å². The second-order valence-electron chi connectivity index (χ2n) is 5.37. The number of nitrogens with zero attached hydrogens (tertiary/aromatic N) is 1. The maximum absolute atomic E-state index is 5.63. The van der Waals surface area contributed by atoms with Crippen LogP contribution in [0.4, 0.5) is 0 Å². The molecule has 0 N–H and O–H groups in total. The van der Waals surface area contributed by atoms with Crippen LogP contribution in [0.2, 0.25) is 0 Å². The van der Waals surface area contributed by atoms with Gasteiger partial charge >= 0.3 is 0 Å². The molecule has 0 aromatic heterocycles. The number of rotatable bonds is 6. The molecular weight excluding hydrogens is 262 g/mol. The summed E-state index contributed by atoms with van der Waals surface area (Å²) >= 11 is 0. The molecule has 0 saturated carbocycles. The summed E-state index contributed by atoms with van der Waals surface area (Å²) < 4.78 is 11.1. The molecule has 0 atom stereocenters. The van der Waals surface area contributed by atoms with Gasteiger partial charge in [-0.25, -0.2) is 0 Å². The van der Waals surface area contributed by atoms with Gasteiger partial charge in [-0.05, 0) is 18.4 Å². The van der Waals surface area contributed by atoms with Crippen molar-refractivity contribution < 1.29 is 9.47 Å². The van der Waals surface area contributed by atoms with E-state index in [1.807, 2.05) is 18.3 Å². The van der Waals surface area contributed by atoms with Crippen LogP contribution in [-0.4, -0.2) is 27.0 Å². The summed E-state index contributed by atoms with van der Waals surface area (Å²) in [5, 5.41) is 2.16. The standard InChI is InChI=1S/C18H23NO2/c1-13(2)12-19-10-9-14-11-17(20-3)15-7-5-6-8-16(15)18(14)21-4/h5-8,11-13H,9-10H2,1-4H3. The molecule has 0 fully saturated rings. The highest BCUT2D eigenvalue weighted by Gasteiger charge is 2.12. The third-order valence-corrected chi connectivity index (χ3v) is 3.37. The fraction of sp³-hybridized carbons (Fsp3) is 0.389. The zero-order chi connectivity index (χ0) is 15.2. The van der Waals surface area contributed by atoms with E-state index in [0.717, 1.165) is 40.8 Å². The molecular formula is C18H23NO2. The number of hydrogen-bond donors (Lipinski definition) is 0. The summed E-state index contributed by atoms with van der Waals surface area (Å²) in [4.78, 5) is 4.46. The van der Waals surface area contributed by atoms with Gasteiger partial charge in [0, 0.05) is 29.1 Å². The van der Waals surface area contributed by atoms with Gasteiger partial charge in [0.2, 0.25) is 0 Å². The Kier molecular flexibility index (Phi) is 5.20. The maximum Gasteiger partial charge on any atom is 0.130 e. The van der Waals surface area contributed by atoms with Crippen LogP contribution in [0, 0.1) is 5.92 Å². The lowest BCUT2D eigenvalue weighted by Crippen LogP contribution is -1.99. The van der Waals surface area contributed by atoms with Gasteiger partial charge in [0.1, 0.15) is 11.5 Å². The summed E-state index contributed by atoms with van der Waals surface area (Å²) in [6.07, 6.45) is 2.83. The number of ether oxygens (including phenoxy) is 2. The largest absolute Gasteiger partial charge is 0.496 e. The Bertz CT molecular complexity index is 632. The van der Waals surface area contributed by atoms with Crippen LogP contribution in [0.3, 0.4) is 0 Å². The second-order valence-corrected chi connectivity index (χ2v) is 5.37. The molecule has 21 heavy (non-hydrogen) atoms. The first-order chi connectivity index (χ1) is 10.2. The van der Waals surface area contributed by atoms with Crippen LogP contribution in [0.15, 0.2) is 35.3 Å². The van der Waals surface area contributed by atoms with Crippen LogP contribution in [-0.2, 0) is 6.42 Å². The number of fused-ring (bicyclic) bond motifs is 1. The Balaban J connectivity index is 2.38. The molecule has 3 heteroatoms. The van der Waals surface area contributed by atoms with E-state index < -0.39 is 0 Å². The van der Waals surface area contributed by atoms with E-state index in [2.05, 4.69) is 37.0 Å². The zero-order valence-electron chi connectivity index (χ0n) is 13.2. The zero-order valence-corrected chi connectivity index (χ0v) is 13.2. The third-order valence-electron chi connectivity index (χ3n) is 3.37. The van der Waals surface area contributed by atoms with Crippen molar-refractivity contribution in [3.63, 3.8) is 0 Å². The molecule has 112 valence electrons. The highest BCUT2D eigenvalue weighted by Crippen LogP contribution is 2.36. The molecule has 0 aliphatic heterocycles. The lowest BCUT2D eigenvalue weighted by Gasteiger charge is -2.14. The minimum absolute atomic E-state index is 0.484. The quantitative estimate of drug-likeness (QED) is 0.747. The monoisotopic (exact) mass is 285 g/mol. The van der Waals surface area contributed by atoms with Crippen molar-refractivity contribution in [1.29, 1.82) is 0 Å². The van der Waals surface area contributed by atoms with Crippen molar-refractivity contribution in [3.8, 4) is 11.5 Å². The first-order valence-electron chi connectivity index (χ1n) is 7.30. The van der Waals surface area contributed by atoms with Crippen LogP contribution in [0.1, 0.15) is 19.4 Å². The van der Waals surface area contributed by atoms with Crippen molar-refractivity contribution in [3.05, 3.63) is 35.9 Å². The highest BCUT2D eigenvalue weighted by molar-refractivity contribution is 5.94. The topological polar surface area (TPSA) is 30.8 Å². The highest BCUT2D eigenvalue weighted by atomic mass is 16.5. The number of hydrogen-bond acceptors (Lipinski definition) is 3. The van der Waals surface area contributed by atoms with E-state index in [-0.39, 0.29) is 0 Å². The minimum Gasteiger partial charge on any atom is -0.496 e. The van der Waals surface area contributed by atoms with Gasteiger partial charge in [-0.2, -0.15) is 0 Å². The molecule has 2 aromatic rings. The molecule has 0 heterocycles. The van der Waals surface area contributed by atoms with E-state index >= 15 is 0 Å². The van der Waals surface area contributed by atoms with E-state index in [0.29, 0.717) is 5.92 Å². The molecule has 0 bridgehead atoms. The summed E-state index contributed by atoms with van der Waals surface area (Å²) in [7, 11) is 3.42. The summed E-state index contributed by atoms with van der Waals surface area (Å²) in [5.74, 6) is 2.29. The molecule has 0 saturated heterocycles. The van der Waals surface area contributed by atoms with Crippen molar-refractivity contribution >= 4 is 17.0 Å². The number of methoxy groups -OCH3 is 2. The molecule has 0 aliphatic carbocycles. The molecule has 0 aliphatic rings. The van der Waals surface area contributed by atoms with E-state index in [1.54, 1.807) is 14.2 Å². The summed E-state index contributed by atoms with van der Waals surface area (Å²) in [5.41, 5.74) is 1.13. The van der Waals surface area contributed by atoms with E-state index in [1.165, 1.54) is 0 Å². The fourth-order valence-corrected chi connectivity index (χ4v) is 2.44. The van der Waals surface area contributed by atoms with Crippen molar-refractivity contribution in [1.82, 2.24) is 0 Å². The predicted octanol–water partition coefficient (Wildman–Crippen LogP) is 4.13. The molecule has 0 radical (unpaired) electrons. The predicted molar refractivity (Wildman–Crippen MR) is 89.0 cm³/mol. The minimum atomic E-state index is 0.484. The van der Waals surface area contributed by atoms with Crippen LogP contribution in [0.25, 0.3) is 10.8 Å². The average molecular weight is 285 g/mol. The van der Waals surface area contributed by atoms with Crippen molar-refractivity contribution in [2.45, 2.75) is 20.3 Å². The van der Waals surface area contributed by atoms with E-state index in [4.69, 9.17) is 9.47 Å². The van der Waals surface area contributed by atoms with Gasteiger partial charge in [0.15, 0.2) is 0 Å². The lowest BCUT2D eigenvalue weighted by atomic mass is 10.0. The Morgan fingerprint density at radius 2 is 1.81 bits per heavy atom. The van der Waals surface area contributed by atoms with Crippen LogP contribution >= 0.6 is 0 Å². The van der Waals surface area contributed by atoms with Gasteiger partial charge in [-0.3, -0.25) is 4.99 Å². The van der Waals surface area contributed by atoms with Crippen molar-refractivity contribution in [2.24, 2.45) is 10.9 Å². The van der Waals surface area contributed by atoms with Gasteiger partial charge < -0.3 is 9.47 Å². The molecule has 0 unspecified atom stereocenters. The maximum atomic E-state index is 5.63.